The SMILES string of the molecule is CCOC(=O)/C=c1\s/c(=C/c2ccc(OC)cc2OC)c(=O)n1CC(=O)N1CCC(C)CC1. The molecule has 33 heavy (non-hydrogen) atoms. The molecule has 0 atom stereocenters. The van der Waals surface area contributed by atoms with Crippen LogP contribution in [-0.4, -0.2) is 55.3 Å². The first-order valence-electron chi connectivity index (χ1n) is 11.0. The summed E-state index contributed by atoms with van der Waals surface area (Å²) in [5, 5.41) is 0. The quantitative estimate of drug-likeness (QED) is 0.563. The number of aromatic nitrogens is 1. The number of methoxy groups -OCH3 is 2. The molecule has 1 aliphatic heterocycles. The lowest BCUT2D eigenvalue weighted by molar-refractivity contribution is -0.136. The Hall–Kier alpha value is -3.07. The summed E-state index contributed by atoms with van der Waals surface area (Å²) in [7, 11) is 3.10. The third kappa shape index (κ3) is 6.04. The number of rotatable bonds is 7. The number of hydrogen-bond donors (Lipinski definition) is 0. The summed E-state index contributed by atoms with van der Waals surface area (Å²) in [5.41, 5.74) is 0.343. The van der Waals surface area contributed by atoms with Crippen LogP contribution in [0.1, 0.15) is 32.3 Å². The van der Waals surface area contributed by atoms with Gasteiger partial charge in [0.05, 0.1) is 31.4 Å². The van der Waals surface area contributed by atoms with Crippen LogP contribution >= 0.6 is 11.3 Å². The van der Waals surface area contributed by atoms with Crippen LogP contribution in [0.3, 0.4) is 0 Å². The molecule has 8 nitrogen and oxygen atoms in total. The minimum Gasteiger partial charge on any atom is -0.497 e. The van der Waals surface area contributed by atoms with Crippen molar-refractivity contribution >= 4 is 35.4 Å². The number of nitrogens with zero attached hydrogens (tertiary/aromatic N) is 2. The van der Waals surface area contributed by atoms with E-state index in [0.717, 1.165) is 24.2 Å². The van der Waals surface area contributed by atoms with Crippen LogP contribution in [0.15, 0.2) is 23.0 Å². The van der Waals surface area contributed by atoms with Crippen LogP contribution < -0.4 is 24.2 Å². The Kier molecular flexibility index (Phi) is 8.32. The molecule has 3 rings (SSSR count). The van der Waals surface area contributed by atoms with Gasteiger partial charge in [0.1, 0.15) is 22.7 Å². The molecule has 1 aromatic heterocycles. The van der Waals surface area contributed by atoms with E-state index in [2.05, 4.69) is 6.92 Å². The predicted octanol–water partition coefficient (Wildman–Crippen LogP) is 1.36. The molecule has 0 radical (unpaired) electrons. The molecule has 1 aromatic carbocycles. The zero-order chi connectivity index (χ0) is 24.0. The number of hydrogen-bond acceptors (Lipinski definition) is 7. The van der Waals surface area contributed by atoms with Crippen molar-refractivity contribution < 1.29 is 23.8 Å². The van der Waals surface area contributed by atoms with E-state index in [-0.39, 0.29) is 24.6 Å². The van der Waals surface area contributed by atoms with Crippen molar-refractivity contribution in [1.29, 1.82) is 0 Å². The van der Waals surface area contributed by atoms with Gasteiger partial charge < -0.3 is 19.1 Å². The summed E-state index contributed by atoms with van der Waals surface area (Å²) in [4.78, 5) is 40.1. The van der Waals surface area contributed by atoms with E-state index in [0.29, 0.717) is 45.3 Å². The van der Waals surface area contributed by atoms with Crippen molar-refractivity contribution in [2.45, 2.75) is 33.2 Å². The van der Waals surface area contributed by atoms with Gasteiger partial charge in [-0.3, -0.25) is 14.2 Å². The molecule has 0 unspecified atom stereocenters. The number of carbonyl (C=O) groups is 2. The standard InChI is InChI=1S/C24H30N2O6S/c1-5-32-23(28)14-22-26(15-21(27)25-10-8-16(2)9-11-25)24(29)20(33-22)12-17-6-7-18(30-3)13-19(17)31-4/h6-7,12-14,16H,5,8-11,15H2,1-4H3/b20-12+,22-14-. The second-order valence-electron chi connectivity index (χ2n) is 7.91. The number of benzene rings is 1. The minimum atomic E-state index is -0.555. The van der Waals surface area contributed by atoms with Crippen molar-refractivity contribution in [1.82, 2.24) is 9.47 Å². The Morgan fingerprint density at radius 2 is 1.91 bits per heavy atom. The fourth-order valence-electron chi connectivity index (χ4n) is 3.65. The maximum atomic E-state index is 13.3. The zero-order valence-electron chi connectivity index (χ0n) is 19.5. The third-order valence-electron chi connectivity index (χ3n) is 5.62. The van der Waals surface area contributed by atoms with Crippen LogP contribution in [-0.2, 0) is 20.9 Å². The van der Waals surface area contributed by atoms with Gasteiger partial charge in [-0.15, -0.1) is 11.3 Å². The maximum absolute atomic E-state index is 13.3. The third-order valence-corrected chi connectivity index (χ3v) is 6.68. The summed E-state index contributed by atoms with van der Waals surface area (Å²) in [6.07, 6.45) is 4.85. The number of piperidine rings is 1. The highest BCUT2D eigenvalue weighted by Crippen LogP contribution is 2.24. The average Bonchev–Trinajstić information content (AvgIpc) is 3.08. The summed E-state index contributed by atoms with van der Waals surface area (Å²) in [6, 6.07) is 5.29. The first-order valence-corrected chi connectivity index (χ1v) is 11.8. The lowest BCUT2D eigenvalue weighted by atomic mass is 9.99. The van der Waals surface area contributed by atoms with Crippen LogP contribution in [0.5, 0.6) is 11.5 Å². The molecular formula is C24H30N2O6S. The molecule has 1 fully saturated rings. The Morgan fingerprint density at radius 3 is 2.55 bits per heavy atom. The molecule has 0 bridgehead atoms. The van der Waals surface area contributed by atoms with Crippen molar-refractivity contribution in [2.24, 2.45) is 5.92 Å². The maximum Gasteiger partial charge on any atom is 0.333 e. The molecule has 1 saturated heterocycles. The fraction of sp³-hybridized carbons (Fsp3) is 0.458. The molecule has 0 saturated carbocycles. The highest BCUT2D eigenvalue weighted by molar-refractivity contribution is 7.07. The largest absolute Gasteiger partial charge is 0.497 e. The molecule has 1 aliphatic rings. The topological polar surface area (TPSA) is 87.1 Å². The minimum absolute atomic E-state index is 0.122. The summed E-state index contributed by atoms with van der Waals surface area (Å²) >= 11 is 1.13. The number of esters is 1. The summed E-state index contributed by atoms with van der Waals surface area (Å²) in [5.74, 6) is 1.08. The molecule has 178 valence electrons. The van der Waals surface area contributed by atoms with E-state index < -0.39 is 5.97 Å². The molecule has 0 aliphatic carbocycles. The van der Waals surface area contributed by atoms with Gasteiger partial charge in [0, 0.05) is 24.7 Å². The highest BCUT2D eigenvalue weighted by Gasteiger charge is 2.21. The Labute approximate surface area is 196 Å². The molecular weight excluding hydrogens is 444 g/mol. The first-order chi connectivity index (χ1) is 15.9. The van der Waals surface area contributed by atoms with Crippen LogP contribution in [0.2, 0.25) is 0 Å². The van der Waals surface area contributed by atoms with Crippen molar-refractivity contribution in [2.75, 3.05) is 33.9 Å². The number of amides is 1. The van der Waals surface area contributed by atoms with Gasteiger partial charge in [-0.05, 0) is 43.9 Å². The average molecular weight is 475 g/mol. The Morgan fingerprint density at radius 1 is 1.18 bits per heavy atom. The van der Waals surface area contributed by atoms with Crippen LogP contribution in [0.4, 0.5) is 0 Å². The number of likely N-dealkylation sites (tertiary alicyclic amines) is 1. The number of carbonyl (C=O) groups excluding carboxylic acids is 2. The van der Waals surface area contributed by atoms with E-state index >= 15 is 0 Å². The molecule has 2 heterocycles. The van der Waals surface area contributed by atoms with Crippen molar-refractivity contribution in [3.05, 3.63) is 43.3 Å². The Balaban J connectivity index is 2.04. The van der Waals surface area contributed by atoms with E-state index in [1.165, 1.54) is 17.8 Å². The number of ether oxygens (including phenoxy) is 3. The molecule has 2 aromatic rings. The molecule has 1 amide bonds. The van der Waals surface area contributed by atoms with Crippen LogP contribution in [0.25, 0.3) is 12.2 Å². The zero-order valence-corrected chi connectivity index (χ0v) is 20.3. The van der Waals surface area contributed by atoms with Gasteiger partial charge in [-0.1, -0.05) is 6.92 Å². The second-order valence-corrected chi connectivity index (χ2v) is 8.97. The van der Waals surface area contributed by atoms with E-state index in [1.54, 1.807) is 43.2 Å². The van der Waals surface area contributed by atoms with Crippen LogP contribution in [0, 0.1) is 5.92 Å². The highest BCUT2D eigenvalue weighted by atomic mass is 32.1. The van der Waals surface area contributed by atoms with E-state index in [9.17, 15) is 14.4 Å². The first kappa shape index (κ1) is 24.6. The molecule has 0 N–H and O–H groups in total. The fourth-order valence-corrected chi connectivity index (χ4v) is 4.67. The van der Waals surface area contributed by atoms with E-state index in [4.69, 9.17) is 14.2 Å². The number of thiazole rings is 1. The summed E-state index contributed by atoms with van der Waals surface area (Å²) in [6.45, 7) is 5.34. The lowest BCUT2D eigenvalue weighted by Crippen LogP contribution is -2.43. The van der Waals surface area contributed by atoms with Gasteiger partial charge in [0.2, 0.25) is 5.91 Å². The Bertz CT molecular complexity index is 1170. The van der Waals surface area contributed by atoms with Crippen molar-refractivity contribution in [3.63, 3.8) is 0 Å². The monoisotopic (exact) mass is 474 g/mol. The predicted molar refractivity (Wildman–Crippen MR) is 127 cm³/mol. The molecule has 9 heteroatoms. The van der Waals surface area contributed by atoms with Gasteiger partial charge in [-0.25, -0.2) is 4.79 Å². The second kappa shape index (κ2) is 11.2. The molecule has 0 spiro atoms. The van der Waals surface area contributed by atoms with Gasteiger partial charge in [0.15, 0.2) is 0 Å². The van der Waals surface area contributed by atoms with Gasteiger partial charge >= 0.3 is 5.97 Å². The normalized spacial score (nSPS) is 15.6. The lowest BCUT2D eigenvalue weighted by Gasteiger charge is -2.30. The van der Waals surface area contributed by atoms with Crippen molar-refractivity contribution in [3.8, 4) is 11.5 Å². The summed E-state index contributed by atoms with van der Waals surface area (Å²) < 4.78 is 17.8. The van der Waals surface area contributed by atoms with Gasteiger partial charge in [0.25, 0.3) is 5.56 Å². The van der Waals surface area contributed by atoms with Gasteiger partial charge in [-0.2, -0.15) is 0 Å². The smallest absolute Gasteiger partial charge is 0.333 e. The van der Waals surface area contributed by atoms with E-state index in [1.807, 2.05) is 0 Å².